The van der Waals surface area contributed by atoms with Crippen molar-refractivity contribution in [2.24, 2.45) is 0 Å². The van der Waals surface area contributed by atoms with Gasteiger partial charge in [-0.25, -0.2) is 12.7 Å². The second-order valence-corrected chi connectivity index (χ2v) is 8.44. The molecule has 0 bridgehead atoms. The summed E-state index contributed by atoms with van der Waals surface area (Å²) in [4.78, 5) is 14.0. The van der Waals surface area contributed by atoms with E-state index in [1.165, 1.54) is 37.2 Å². The number of hydrogen-bond acceptors (Lipinski definition) is 5. The Labute approximate surface area is 159 Å². The van der Waals surface area contributed by atoms with Gasteiger partial charge in [-0.15, -0.1) is 0 Å². The quantitative estimate of drug-likeness (QED) is 0.776. The molecule has 0 saturated heterocycles. The number of hydrogen-bond donors (Lipinski definition) is 1. The predicted octanol–water partition coefficient (Wildman–Crippen LogP) is 1.75. The maximum Gasteiger partial charge on any atom is 0.253 e. The van der Waals surface area contributed by atoms with E-state index in [0.29, 0.717) is 11.3 Å². The van der Waals surface area contributed by atoms with Gasteiger partial charge in [-0.05, 0) is 35.9 Å². The summed E-state index contributed by atoms with van der Waals surface area (Å²) in [6, 6.07) is 12.8. The SMILES string of the molecule is COc1ccc(C(O)CN(C)C(=O)c2cccc(S(=O)(=O)N(C)C)c2)cc1. The van der Waals surface area contributed by atoms with Gasteiger partial charge in [0.25, 0.3) is 5.91 Å². The summed E-state index contributed by atoms with van der Waals surface area (Å²) in [6.45, 7) is 0.0653. The van der Waals surface area contributed by atoms with Gasteiger partial charge < -0.3 is 14.7 Å². The number of sulfonamides is 1. The van der Waals surface area contributed by atoms with Crippen molar-refractivity contribution in [2.75, 3.05) is 34.8 Å². The Kier molecular flexibility index (Phi) is 6.59. The van der Waals surface area contributed by atoms with Crippen LogP contribution in [0.1, 0.15) is 22.0 Å². The van der Waals surface area contributed by atoms with Crippen molar-refractivity contribution in [1.29, 1.82) is 0 Å². The van der Waals surface area contributed by atoms with Gasteiger partial charge in [0.2, 0.25) is 10.0 Å². The van der Waals surface area contributed by atoms with Crippen LogP contribution < -0.4 is 4.74 Å². The molecule has 1 amide bonds. The molecule has 2 aromatic carbocycles. The number of carbonyl (C=O) groups is 1. The second kappa shape index (κ2) is 8.51. The van der Waals surface area contributed by atoms with E-state index >= 15 is 0 Å². The van der Waals surface area contributed by atoms with Gasteiger partial charge in [-0.1, -0.05) is 18.2 Å². The highest BCUT2D eigenvalue weighted by Crippen LogP contribution is 2.20. The van der Waals surface area contributed by atoms with Gasteiger partial charge in [-0.3, -0.25) is 4.79 Å². The predicted molar refractivity (Wildman–Crippen MR) is 102 cm³/mol. The zero-order valence-electron chi connectivity index (χ0n) is 15.8. The minimum atomic E-state index is -3.63. The van der Waals surface area contributed by atoms with Gasteiger partial charge in [0, 0.05) is 26.7 Å². The van der Waals surface area contributed by atoms with Gasteiger partial charge in [0.1, 0.15) is 5.75 Å². The summed E-state index contributed by atoms with van der Waals surface area (Å²) < 4.78 is 30.7. The first-order valence-corrected chi connectivity index (χ1v) is 9.71. The van der Waals surface area contributed by atoms with Crippen LogP contribution in [0, 0.1) is 0 Å². The molecule has 1 atom stereocenters. The molecule has 146 valence electrons. The molecule has 1 N–H and O–H groups in total. The van der Waals surface area contributed by atoms with Crippen LogP contribution in [0.2, 0.25) is 0 Å². The lowest BCUT2D eigenvalue weighted by Crippen LogP contribution is -2.31. The van der Waals surface area contributed by atoms with Crippen molar-refractivity contribution < 1.29 is 23.1 Å². The Morgan fingerprint density at radius 1 is 1.11 bits per heavy atom. The van der Waals surface area contributed by atoms with Crippen LogP contribution in [0.3, 0.4) is 0 Å². The van der Waals surface area contributed by atoms with Crippen molar-refractivity contribution >= 4 is 15.9 Å². The van der Waals surface area contributed by atoms with E-state index in [1.807, 2.05) is 0 Å². The Bertz CT molecular complexity index is 895. The fourth-order valence-corrected chi connectivity index (χ4v) is 3.44. The van der Waals surface area contributed by atoms with Crippen LogP contribution >= 0.6 is 0 Å². The smallest absolute Gasteiger partial charge is 0.253 e. The number of aliphatic hydroxyl groups excluding tert-OH is 1. The zero-order chi connectivity index (χ0) is 20.2. The van der Waals surface area contributed by atoms with E-state index in [4.69, 9.17) is 4.74 Å². The maximum absolute atomic E-state index is 12.6. The van der Waals surface area contributed by atoms with Crippen LogP contribution in [0.25, 0.3) is 0 Å². The molecular formula is C19H24N2O5S. The van der Waals surface area contributed by atoms with Crippen molar-refractivity contribution in [2.45, 2.75) is 11.0 Å². The molecule has 0 heterocycles. The average Bonchev–Trinajstić information content (AvgIpc) is 2.67. The molecule has 0 spiro atoms. The third-order valence-corrected chi connectivity index (χ3v) is 5.96. The topological polar surface area (TPSA) is 87.1 Å². The molecule has 27 heavy (non-hydrogen) atoms. The van der Waals surface area contributed by atoms with E-state index in [9.17, 15) is 18.3 Å². The highest BCUT2D eigenvalue weighted by Gasteiger charge is 2.21. The highest BCUT2D eigenvalue weighted by molar-refractivity contribution is 7.89. The molecule has 7 nitrogen and oxygen atoms in total. The molecule has 2 rings (SSSR count). The van der Waals surface area contributed by atoms with Crippen molar-refractivity contribution in [3.8, 4) is 5.75 Å². The molecule has 0 radical (unpaired) electrons. The number of benzene rings is 2. The van der Waals surface area contributed by atoms with E-state index in [1.54, 1.807) is 44.5 Å². The number of carbonyl (C=O) groups excluding carboxylic acids is 1. The Morgan fingerprint density at radius 2 is 1.74 bits per heavy atom. The van der Waals surface area contributed by atoms with E-state index in [0.717, 1.165) is 4.31 Å². The number of ether oxygens (including phenoxy) is 1. The summed E-state index contributed by atoms with van der Waals surface area (Å²) in [5.74, 6) is 0.299. The summed E-state index contributed by atoms with van der Waals surface area (Å²) in [5, 5.41) is 10.4. The Balaban J connectivity index is 2.15. The van der Waals surface area contributed by atoms with Crippen LogP contribution in [-0.4, -0.2) is 63.4 Å². The molecule has 8 heteroatoms. The fraction of sp³-hybridized carbons (Fsp3) is 0.316. The average molecular weight is 392 g/mol. The molecule has 0 aliphatic rings. The van der Waals surface area contributed by atoms with Gasteiger partial charge in [0.15, 0.2) is 0 Å². The fourth-order valence-electron chi connectivity index (χ4n) is 2.49. The second-order valence-electron chi connectivity index (χ2n) is 6.29. The minimum absolute atomic E-state index is 0.0439. The van der Waals surface area contributed by atoms with E-state index in [2.05, 4.69) is 0 Å². The number of amides is 1. The van der Waals surface area contributed by atoms with Crippen molar-refractivity contribution in [3.05, 3.63) is 59.7 Å². The molecule has 0 aliphatic carbocycles. The summed E-state index contributed by atoms with van der Waals surface area (Å²) in [6.07, 6.45) is -0.876. The first-order chi connectivity index (χ1) is 12.7. The number of likely N-dealkylation sites (N-methyl/N-ethyl adjacent to an activating group) is 1. The lowest BCUT2D eigenvalue weighted by atomic mass is 10.1. The molecule has 0 fully saturated rings. The third-order valence-electron chi connectivity index (χ3n) is 4.15. The van der Waals surface area contributed by atoms with Crippen LogP contribution in [0.5, 0.6) is 5.75 Å². The van der Waals surface area contributed by atoms with Crippen LogP contribution in [0.4, 0.5) is 0 Å². The molecule has 2 aromatic rings. The summed E-state index contributed by atoms with van der Waals surface area (Å²) in [7, 11) is 2.35. The first kappa shape index (κ1) is 20.9. The highest BCUT2D eigenvalue weighted by atomic mass is 32.2. The van der Waals surface area contributed by atoms with E-state index < -0.39 is 16.1 Å². The summed E-state index contributed by atoms with van der Waals surface area (Å²) in [5.41, 5.74) is 0.891. The molecule has 0 saturated carbocycles. The normalized spacial score (nSPS) is 12.7. The number of rotatable bonds is 7. The Hall–Kier alpha value is -2.42. The minimum Gasteiger partial charge on any atom is -0.497 e. The number of nitrogens with zero attached hydrogens (tertiary/aromatic N) is 2. The first-order valence-electron chi connectivity index (χ1n) is 8.27. The molecular weight excluding hydrogens is 368 g/mol. The zero-order valence-corrected chi connectivity index (χ0v) is 16.6. The number of aliphatic hydroxyl groups is 1. The lowest BCUT2D eigenvalue weighted by Gasteiger charge is -2.22. The van der Waals surface area contributed by atoms with E-state index in [-0.39, 0.29) is 22.9 Å². The maximum atomic E-state index is 12.6. The van der Waals surface area contributed by atoms with Gasteiger partial charge >= 0.3 is 0 Å². The van der Waals surface area contributed by atoms with Crippen LogP contribution in [-0.2, 0) is 10.0 Å². The Morgan fingerprint density at radius 3 is 2.30 bits per heavy atom. The molecule has 1 unspecified atom stereocenters. The van der Waals surface area contributed by atoms with Crippen LogP contribution in [0.15, 0.2) is 53.4 Å². The third kappa shape index (κ3) is 4.85. The summed E-state index contributed by atoms with van der Waals surface area (Å²) >= 11 is 0. The lowest BCUT2D eigenvalue weighted by molar-refractivity contribution is 0.0680. The molecule has 0 aromatic heterocycles. The van der Waals surface area contributed by atoms with Gasteiger partial charge in [0.05, 0.1) is 24.7 Å². The van der Waals surface area contributed by atoms with Crippen molar-refractivity contribution in [3.63, 3.8) is 0 Å². The van der Waals surface area contributed by atoms with Crippen molar-refractivity contribution in [1.82, 2.24) is 9.21 Å². The monoisotopic (exact) mass is 392 g/mol. The van der Waals surface area contributed by atoms with Gasteiger partial charge in [-0.2, -0.15) is 0 Å². The number of methoxy groups -OCH3 is 1. The standard InChI is InChI=1S/C19H24N2O5S/c1-20(2)27(24,25)17-7-5-6-15(12-17)19(23)21(3)13-18(22)14-8-10-16(26-4)11-9-14/h5-12,18,22H,13H2,1-4H3. The largest absolute Gasteiger partial charge is 0.497 e. The molecule has 0 aliphatic heterocycles.